The first-order valence-corrected chi connectivity index (χ1v) is 7.92. The topological polar surface area (TPSA) is 80.3 Å². The van der Waals surface area contributed by atoms with Crippen molar-refractivity contribution in [1.29, 1.82) is 0 Å². The highest BCUT2D eigenvalue weighted by molar-refractivity contribution is 6.04. The summed E-state index contributed by atoms with van der Waals surface area (Å²) >= 11 is 0. The van der Waals surface area contributed by atoms with Crippen molar-refractivity contribution in [2.24, 2.45) is 0 Å². The molecule has 1 heterocycles. The fraction of sp³-hybridized carbons (Fsp3) is 0.0500. The van der Waals surface area contributed by atoms with E-state index >= 15 is 0 Å². The molecule has 2 aromatic carbocycles. The van der Waals surface area contributed by atoms with Gasteiger partial charge >= 0.3 is 5.97 Å². The van der Waals surface area contributed by atoms with Gasteiger partial charge in [0.1, 0.15) is 0 Å². The molecule has 0 saturated carbocycles. The van der Waals surface area contributed by atoms with Gasteiger partial charge in [-0.2, -0.15) is 0 Å². The van der Waals surface area contributed by atoms with Crippen LogP contribution in [0.4, 0.5) is 17.1 Å². The number of hydrogen-bond acceptors (Lipinski definition) is 5. The van der Waals surface area contributed by atoms with Crippen molar-refractivity contribution in [1.82, 2.24) is 4.98 Å². The maximum absolute atomic E-state index is 12.1. The van der Waals surface area contributed by atoms with Crippen LogP contribution in [0.3, 0.4) is 0 Å². The van der Waals surface area contributed by atoms with E-state index in [-0.39, 0.29) is 11.9 Å². The number of anilines is 3. The number of benzene rings is 2. The van der Waals surface area contributed by atoms with Gasteiger partial charge in [-0.25, -0.2) is 4.79 Å². The third kappa shape index (κ3) is 4.24. The number of esters is 1. The van der Waals surface area contributed by atoms with E-state index in [1.54, 1.807) is 54.7 Å². The van der Waals surface area contributed by atoms with Gasteiger partial charge in [0.15, 0.2) is 0 Å². The number of carbonyl (C=O) groups is 2. The predicted octanol–water partition coefficient (Wildman–Crippen LogP) is 3.86. The molecule has 26 heavy (non-hydrogen) atoms. The number of carbonyl (C=O) groups excluding carboxylic acids is 2. The first-order valence-electron chi connectivity index (χ1n) is 7.92. The van der Waals surface area contributed by atoms with Crippen LogP contribution < -0.4 is 10.6 Å². The molecule has 6 nitrogen and oxygen atoms in total. The lowest BCUT2D eigenvalue weighted by Gasteiger charge is -2.09. The number of ether oxygens (including phenoxy) is 1. The minimum Gasteiger partial charge on any atom is -0.465 e. The maximum atomic E-state index is 12.1. The maximum Gasteiger partial charge on any atom is 0.337 e. The Morgan fingerprint density at radius 3 is 2.04 bits per heavy atom. The number of amides is 1. The first kappa shape index (κ1) is 17.2. The number of pyridine rings is 1. The third-order valence-electron chi connectivity index (χ3n) is 3.66. The van der Waals surface area contributed by atoms with E-state index < -0.39 is 0 Å². The van der Waals surface area contributed by atoms with E-state index in [0.717, 1.165) is 11.4 Å². The lowest BCUT2D eigenvalue weighted by atomic mass is 10.2. The van der Waals surface area contributed by atoms with Crippen molar-refractivity contribution >= 4 is 28.9 Å². The second-order valence-electron chi connectivity index (χ2n) is 5.47. The molecule has 3 aromatic rings. The normalized spacial score (nSPS) is 10.0. The Morgan fingerprint density at radius 2 is 1.46 bits per heavy atom. The Labute approximate surface area is 150 Å². The summed E-state index contributed by atoms with van der Waals surface area (Å²) in [5.41, 5.74) is 3.37. The van der Waals surface area contributed by atoms with Crippen LogP contribution in [0.25, 0.3) is 0 Å². The summed E-state index contributed by atoms with van der Waals surface area (Å²) in [5.74, 6) is -0.581. The Kier molecular flexibility index (Phi) is 5.24. The standard InChI is InChI=1S/C20H17N3O3/c1-26-20(25)14-4-6-16(7-5-14)22-17-8-10-18(11-9-17)23-19(24)15-3-2-12-21-13-15/h2-13,22H,1H3,(H,23,24). The Hall–Kier alpha value is -3.67. The zero-order chi connectivity index (χ0) is 18.4. The van der Waals surface area contributed by atoms with Gasteiger partial charge in [-0.05, 0) is 60.7 Å². The number of nitrogens with zero attached hydrogens (tertiary/aromatic N) is 1. The second kappa shape index (κ2) is 7.94. The van der Waals surface area contributed by atoms with Crippen LogP contribution in [0.2, 0.25) is 0 Å². The summed E-state index contributed by atoms with van der Waals surface area (Å²) in [6, 6.07) is 17.7. The lowest BCUT2D eigenvalue weighted by Crippen LogP contribution is -2.11. The molecular formula is C20H17N3O3. The molecule has 130 valence electrons. The highest BCUT2D eigenvalue weighted by Gasteiger charge is 2.06. The van der Waals surface area contributed by atoms with Crippen molar-refractivity contribution in [2.75, 3.05) is 17.7 Å². The monoisotopic (exact) mass is 347 g/mol. The Balaban J connectivity index is 1.62. The molecular weight excluding hydrogens is 330 g/mol. The van der Waals surface area contributed by atoms with Gasteiger partial charge in [0, 0.05) is 29.5 Å². The summed E-state index contributed by atoms with van der Waals surface area (Å²) in [6.07, 6.45) is 3.14. The van der Waals surface area contributed by atoms with Crippen molar-refractivity contribution in [2.45, 2.75) is 0 Å². The second-order valence-corrected chi connectivity index (χ2v) is 5.47. The van der Waals surface area contributed by atoms with Crippen LogP contribution in [-0.4, -0.2) is 24.0 Å². The molecule has 0 aliphatic rings. The molecule has 3 rings (SSSR count). The minimum absolute atomic E-state index is 0.211. The summed E-state index contributed by atoms with van der Waals surface area (Å²) in [7, 11) is 1.35. The molecule has 1 aromatic heterocycles. The average Bonchev–Trinajstić information content (AvgIpc) is 2.70. The van der Waals surface area contributed by atoms with Crippen molar-refractivity contribution in [3.63, 3.8) is 0 Å². The van der Waals surface area contributed by atoms with Crippen LogP contribution in [0.15, 0.2) is 73.1 Å². The van der Waals surface area contributed by atoms with E-state index in [0.29, 0.717) is 16.8 Å². The van der Waals surface area contributed by atoms with Crippen LogP contribution in [0, 0.1) is 0 Å². The van der Waals surface area contributed by atoms with Gasteiger partial charge in [-0.1, -0.05) is 0 Å². The predicted molar refractivity (Wildman–Crippen MR) is 99.7 cm³/mol. The Bertz CT molecular complexity index is 892. The van der Waals surface area contributed by atoms with E-state index in [9.17, 15) is 9.59 Å². The van der Waals surface area contributed by atoms with Gasteiger partial charge in [0.2, 0.25) is 0 Å². The smallest absolute Gasteiger partial charge is 0.337 e. The summed E-state index contributed by atoms with van der Waals surface area (Å²) < 4.78 is 4.67. The number of hydrogen-bond donors (Lipinski definition) is 2. The van der Waals surface area contributed by atoms with E-state index in [1.807, 2.05) is 12.1 Å². The molecule has 1 amide bonds. The molecule has 6 heteroatoms. The third-order valence-corrected chi connectivity index (χ3v) is 3.66. The van der Waals surface area contributed by atoms with Crippen LogP contribution in [0.5, 0.6) is 0 Å². The fourth-order valence-corrected chi connectivity index (χ4v) is 2.31. The summed E-state index contributed by atoms with van der Waals surface area (Å²) in [6.45, 7) is 0. The molecule has 0 aliphatic carbocycles. The SMILES string of the molecule is COC(=O)c1ccc(Nc2ccc(NC(=O)c3cccnc3)cc2)cc1. The molecule has 0 unspecified atom stereocenters. The average molecular weight is 347 g/mol. The highest BCUT2D eigenvalue weighted by Crippen LogP contribution is 2.20. The number of nitrogens with one attached hydrogen (secondary N) is 2. The van der Waals surface area contributed by atoms with Crippen LogP contribution in [-0.2, 0) is 4.74 Å². The first-order chi connectivity index (χ1) is 12.7. The number of aromatic nitrogens is 1. The van der Waals surface area contributed by atoms with E-state index in [4.69, 9.17) is 0 Å². The highest BCUT2D eigenvalue weighted by atomic mass is 16.5. The zero-order valence-corrected chi connectivity index (χ0v) is 14.1. The lowest BCUT2D eigenvalue weighted by molar-refractivity contribution is 0.0600. The number of methoxy groups -OCH3 is 1. The minimum atomic E-state index is -0.370. The zero-order valence-electron chi connectivity index (χ0n) is 14.1. The van der Waals surface area contributed by atoms with Crippen molar-refractivity contribution in [3.05, 3.63) is 84.2 Å². The molecule has 0 saturated heterocycles. The molecule has 2 N–H and O–H groups in total. The van der Waals surface area contributed by atoms with Crippen LogP contribution in [0.1, 0.15) is 20.7 Å². The molecule has 0 spiro atoms. The Morgan fingerprint density at radius 1 is 0.846 bits per heavy atom. The van der Waals surface area contributed by atoms with Gasteiger partial charge in [-0.15, -0.1) is 0 Å². The molecule has 0 atom stereocenters. The summed E-state index contributed by atoms with van der Waals surface area (Å²) in [5, 5.41) is 6.04. The number of rotatable bonds is 5. The van der Waals surface area contributed by atoms with Crippen molar-refractivity contribution < 1.29 is 14.3 Å². The van der Waals surface area contributed by atoms with Crippen molar-refractivity contribution in [3.8, 4) is 0 Å². The largest absolute Gasteiger partial charge is 0.465 e. The quantitative estimate of drug-likeness (QED) is 0.685. The summed E-state index contributed by atoms with van der Waals surface area (Å²) in [4.78, 5) is 27.5. The van der Waals surface area contributed by atoms with Gasteiger partial charge in [0.05, 0.1) is 18.2 Å². The van der Waals surface area contributed by atoms with Gasteiger partial charge in [0.25, 0.3) is 5.91 Å². The van der Waals surface area contributed by atoms with Gasteiger partial charge < -0.3 is 15.4 Å². The molecule has 0 bridgehead atoms. The van der Waals surface area contributed by atoms with E-state index in [2.05, 4.69) is 20.4 Å². The van der Waals surface area contributed by atoms with Crippen LogP contribution >= 0.6 is 0 Å². The molecule has 0 radical (unpaired) electrons. The van der Waals surface area contributed by atoms with Gasteiger partial charge in [-0.3, -0.25) is 9.78 Å². The molecule has 0 aliphatic heterocycles. The van der Waals surface area contributed by atoms with E-state index in [1.165, 1.54) is 13.3 Å². The fourth-order valence-electron chi connectivity index (χ4n) is 2.31. The molecule has 0 fully saturated rings.